The first kappa shape index (κ1) is 16.1. The largest absolute Gasteiger partial charge is 0.316 e. The molecule has 2 aromatic rings. The number of hydrogen-bond acceptors (Lipinski definition) is 5. The van der Waals surface area contributed by atoms with Gasteiger partial charge in [-0.25, -0.2) is 0 Å². The van der Waals surface area contributed by atoms with Crippen molar-refractivity contribution in [3.63, 3.8) is 0 Å². The third-order valence-electron chi connectivity index (χ3n) is 2.60. The molecule has 8 nitrogen and oxygen atoms in total. The summed E-state index contributed by atoms with van der Waals surface area (Å²) in [6.45, 7) is 0.403. The zero-order valence-electron chi connectivity index (χ0n) is 10.8. The maximum absolute atomic E-state index is 11.3. The van der Waals surface area contributed by atoms with Gasteiger partial charge in [0.1, 0.15) is 0 Å². The topological polar surface area (TPSA) is 112 Å². The summed E-state index contributed by atoms with van der Waals surface area (Å²) in [4.78, 5) is 39.5. The maximum atomic E-state index is 11.3. The van der Waals surface area contributed by atoms with Crippen LogP contribution < -0.4 is 11.1 Å². The molecule has 2 N–H and O–H groups in total. The van der Waals surface area contributed by atoms with Crippen molar-refractivity contribution in [3.8, 4) is 0 Å². The van der Waals surface area contributed by atoms with Gasteiger partial charge >= 0.3 is 11.1 Å². The minimum atomic E-state index is -0.830. The van der Waals surface area contributed by atoms with Gasteiger partial charge in [0.05, 0.1) is 16.0 Å². The van der Waals surface area contributed by atoms with E-state index in [4.69, 9.17) is 0 Å². The SMILES string of the molecule is Br.CN(C)Cc1cc([N+](=O)[O-])cc2[nH]c(=O)c(=O)[nH]c12. The molecule has 1 aromatic carbocycles. The number of hydrogen-bond donors (Lipinski definition) is 2. The Bertz CT molecular complexity index is 765. The summed E-state index contributed by atoms with van der Waals surface area (Å²) >= 11 is 0. The number of nitrogens with one attached hydrogen (secondary N) is 2. The molecule has 1 aromatic heterocycles. The van der Waals surface area contributed by atoms with Gasteiger partial charge in [0.25, 0.3) is 5.69 Å². The van der Waals surface area contributed by atoms with E-state index >= 15 is 0 Å². The molecule has 0 saturated carbocycles. The number of aromatic nitrogens is 2. The van der Waals surface area contributed by atoms with Crippen LogP contribution in [0.4, 0.5) is 5.69 Å². The fourth-order valence-corrected chi connectivity index (χ4v) is 1.85. The lowest BCUT2D eigenvalue weighted by Crippen LogP contribution is -2.29. The van der Waals surface area contributed by atoms with Crippen LogP contribution in [0.2, 0.25) is 0 Å². The molecule has 0 aliphatic heterocycles. The van der Waals surface area contributed by atoms with Gasteiger partial charge in [-0.3, -0.25) is 19.7 Å². The molecular formula is C11H13BrN4O4. The predicted molar refractivity (Wildman–Crippen MR) is 79.6 cm³/mol. The third-order valence-corrected chi connectivity index (χ3v) is 2.60. The number of H-pyrrole nitrogens is 2. The number of non-ortho nitro benzene ring substituents is 1. The first-order valence-electron chi connectivity index (χ1n) is 5.47. The number of nitrogens with zero attached hydrogens (tertiary/aromatic N) is 2. The fraction of sp³-hybridized carbons (Fsp3) is 0.273. The van der Waals surface area contributed by atoms with Crippen LogP contribution in [0.5, 0.6) is 0 Å². The van der Waals surface area contributed by atoms with Crippen LogP contribution in [0.3, 0.4) is 0 Å². The first-order valence-corrected chi connectivity index (χ1v) is 5.47. The maximum Gasteiger partial charge on any atom is 0.314 e. The molecule has 0 fully saturated rings. The number of nitro benzene ring substituents is 1. The minimum Gasteiger partial charge on any atom is -0.316 e. The average Bonchev–Trinajstić information content (AvgIpc) is 2.30. The van der Waals surface area contributed by atoms with E-state index in [0.717, 1.165) is 0 Å². The molecule has 2 rings (SSSR count). The van der Waals surface area contributed by atoms with Crippen molar-refractivity contribution in [1.29, 1.82) is 0 Å². The molecule has 0 atom stereocenters. The molecular weight excluding hydrogens is 332 g/mol. The second kappa shape index (κ2) is 5.97. The van der Waals surface area contributed by atoms with Gasteiger partial charge in [-0.15, -0.1) is 17.0 Å². The Labute approximate surface area is 123 Å². The van der Waals surface area contributed by atoms with Crippen LogP contribution in [0.25, 0.3) is 11.0 Å². The highest BCUT2D eigenvalue weighted by molar-refractivity contribution is 8.93. The van der Waals surface area contributed by atoms with Crippen LogP contribution in [-0.2, 0) is 6.54 Å². The van der Waals surface area contributed by atoms with E-state index in [9.17, 15) is 19.7 Å². The molecule has 0 bridgehead atoms. The molecule has 20 heavy (non-hydrogen) atoms. The predicted octanol–water partition coefficient (Wildman–Crippen LogP) is 0.764. The number of fused-ring (bicyclic) bond motifs is 1. The van der Waals surface area contributed by atoms with Crippen molar-refractivity contribution in [2.45, 2.75) is 6.54 Å². The van der Waals surface area contributed by atoms with Gasteiger partial charge in [0.2, 0.25) is 0 Å². The Kier molecular flexibility index (Phi) is 4.79. The van der Waals surface area contributed by atoms with Crippen LogP contribution in [0, 0.1) is 10.1 Å². The van der Waals surface area contributed by atoms with Crippen LogP contribution in [0.1, 0.15) is 5.56 Å². The minimum absolute atomic E-state index is 0. The van der Waals surface area contributed by atoms with E-state index in [1.54, 1.807) is 14.1 Å². The molecule has 1 heterocycles. The second-order valence-electron chi connectivity index (χ2n) is 4.43. The van der Waals surface area contributed by atoms with Crippen molar-refractivity contribution in [2.24, 2.45) is 0 Å². The molecule has 0 saturated heterocycles. The number of rotatable bonds is 3. The summed E-state index contributed by atoms with van der Waals surface area (Å²) in [6, 6.07) is 2.61. The van der Waals surface area contributed by atoms with E-state index in [-0.39, 0.29) is 28.2 Å². The summed E-state index contributed by atoms with van der Waals surface area (Å²) in [5.74, 6) is 0. The van der Waals surface area contributed by atoms with Gasteiger partial charge in [-0.05, 0) is 19.7 Å². The first-order chi connectivity index (χ1) is 8.88. The highest BCUT2D eigenvalue weighted by atomic mass is 79.9. The summed E-state index contributed by atoms with van der Waals surface area (Å²) < 4.78 is 0. The number of aromatic amines is 2. The molecule has 0 radical (unpaired) electrons. The van der Waals surface area contributed by atoms with Crippen molar-refractivity contribution < 1.29 is 4.92 Å². The normalized spacial score (nSPS) is 10.6. The highest BCUT2D eigenvalue weighted by Gasteiger charge is 2.14. The summed E-state index contributed by atoms with van der Waals surface area (Å²) in [5, 5.41) is 10.9. The molecule has 0 spiro atoms. The second-order valence-corrected chi connectivity index (χ2v) is 4.43. The lowest BCUT2D eigenvalue weighted by atomic mass is 10.1. The van der Waals surface area contributed by atoms with Crippen LogP contribution >= 0.6 is 17.0 Å². The van der Waals surface area contributed by atoms with E-state index in [0.29, 0.717) is 17.6 Å². The van der Waals surface area contributed by atoms with Crippen LogP contribution in [0.15, 0.2) is 21.7 Å². The monoisotopic (exact) mass is 344 g/mol. The Morgan fingerprint density at radius 1 is 1.20 bits per heavy atom. The van der Waals surface area contributed by atoms with Gasteiger partial charge in [0, 0.05) is 18.7 Å². The van der Waals surface area contributed by atoms with Crippen LogP contribution in [-0.4, -0.2) is 33.9 Å². The molecule has 0 unspecified atom stereocenters. The fourth-order valence-electron chi connectivity index (χ4n) is 1.85. The smallest absolute Gasteiger partial charge is 0.314 e. The van der Waals surface area contributed by atoms with Crippen molar-refractivity contribution in [3.05, 3.63) is 48.5 Å². The Balaban J connectivity index is 0.00000200. The number of halogens is 1. The van der Waals surface area contributed by atoms with Crippen molar-refractivity contribution in [1.82, 2.24) is 14.9 Å². The third kappa shape index (κ3) is 3.11. The van der Waals surface area contributed by atoms with E-state index in [2.05, 4.69) is 9.97 Å². The van der Waals surface area contributed by atoms with Crippen molar-refractivity contribution in [2.75, 3.05) is 14.1 Å². The number of benzene rings is 1. The zero-order valence-corrected chi connectivity index (χ0v) is 12.5. The lowest BCUT2D eigenvalue weighted by Gasteiger charge is -2.11. The zero-order chi connectivity index (χ0) is 14.2. The molecule has 108 valence electrons. The summed E-state index contributed by atoms with van der Waals surface area (Å²) in [6.07, 6.45) is 0. The van der Waals surface area contributed by atoms with Gasteiger partial charge in [-0.1, -0.05) is 0 Å². The molecule has 0 amide bonds. The number of nitro groups is 1. The van der Waals surface area contributed by atoms with Crippen molar-refractivity contribution >= 4 is 33.7 Å². The highest BCUT2D eigenvalue weighted by Crippen LogP contribution is 2.22. The van der Waals surface area contributed by atoms with E-state index in [1.807, 2.05) is 4.90 Å². The van der Waals surface area contributed by atoms with E-state index in [1.165, 1.54) is 12.1 Å². The summed E-state index contributed by atoms with van der Waals surface area (Å²) in [5.41, 5.74) is -0.515. The molecule has 0 aliphatic rings. The molecule has 9 heteroatoms. The standard InChI is InChI=1S/C11H12N4O4.BrH/c1-14(2)5-6-3-7(15(18)19)4-8-9(6)13-11(17)10(16)12-8;/h3-4H,5H2,1-2H3,(H,12,16)(H,13,17);1H. The molecule has 0 aliphatic carbocycles. The summed E-state index contributed by atoms with van der Waals surface area (Å²) in [7, 11) is 3.60. The Hall–Kier alpha value is -2.00. The van der Waals surface area contributed by atoms with E-state index < -0.39 is 16.0 Å². The Morgan fingerprint density at radius 3 is 2.35 bits per heavy atom. The lowest BCUT2D eigenvalue weighted by molar-refractivity contribution is -0.384. The average molecular weight is 345 g/mol. The van der Waals surface area contributed by atoms with Gasteiger partial charge < -0.3 is 14.9 Å². The quantitative estimate of drug-likeness (QED) is 0.485. The van der Waals surface area contributed by atoms with Gasteiger partial charge in [-0.2, -0.15) is 0 Å². The Morgan fingerprint density at radius 2 is 1.80 bits per heavy atom. The van der Waals surface area contributed by atoms with Gasteiger partial charge in [0.15, 0.2) is 0 Å².